The van der Waals surface area contributed by atoms with E-state index in [1.165, 1.54) is 38.5 Å². The number of aliphatic imine (C=N–C) groups is 1. The first-order chi connectivity index (χ1) is 12.1. The van der Waals surface area contributed by atoms with Crippen molar-refractivity contribution in [3.05, 3.63) is 49.9 Å². The van der Waals surface area contributed by atoms with E-state index in [9.17, 15) is 0 Å². The van der Waals surface area contributed by atoms with Crippen LogP contribution in [0.4, 0.5) is 5.69 Å². The van der Waals surface area contributed by atoms with Gasteiger partial charge in [0.15, 0.2) is 3.77 Å². The molecule has 0 unspecified atom stereocenters. The number of benzene rings is 1. The van der Waals surface area contributed by atoms with E-state index in [0.29, 0.717) is 5.41 Å². The zero-order chi connectivity index (χ0) is 17.0. The molecule has 1 aromatic heterocycles. The average molecular weight is 510 g/mol. The Morgan fingerprint density at radius 3 is 2.16 bits per heavy atom. The summed E-state index contributed by atoms with van der Waals surface area (Å²) in [5, 5.41) is 0. The Morgan fingerprint density at radius 1 is 1.04 bits per heavy atom. The third-order valence-corrected chi connectivity index (χ3v) is 8.65. The summed E-state index contributed by atoms with van der Waals surface area (Å²) in [6, 6.07) is 11.0. The van der Waals surface area contributed by atoms with Crippen molar-refractivity contribution < 1.29 is 4.42 Å². The molecular weight excluding hydrogens is 489 g/mol. The lowest BCUT2D eigenvalue weighted by Crippen LogP contribution is -2.48. The van der Waals surface area contributed by atoms with Crippen molar-refractivity contribution in [1.29, 1.82) is 0 Å². The Kier molecular flexibility index (Phi) is 4.12. The molecule has 4 aliphatic carbocycles. The van der Waals surface area contributed by atoms with Gasteiger partial charge in [0.1, 0.15) is 5.76 Å². The molecule has 1 heterocycles. The maximum Gasteiger partial charge on any atom is 0.178 e. The first-order valence-electron chi connectivity index (χ1n) is 9.19. The smallest absolute Gasteiger partial charge is 0.178 e. The summed E-state index contributed by atoms with van der Waals surface area (Å²) >= 11 is 5.64. The summed E-state index contributed by atoms with van der Waals surface area (Å²) < 4.78 is 7.45. The number of halogens is 2. The van der Waals surface area contributed by atoms with Gasteiger partial charge in [0.2, 0.25) is 0 Å². The summed E-state index contributed by atoms with van der Waals surface area (Å²) in [6.07, 6.45) is 10.5. The SMILES string of the molecule is Brc1cc(C=Nc2ccc(C34CC5CC(CC(C5)C3)C4)cc2)oc1I. The maximum atomic E-state index is 5.61. The van der Waals surface area contributed by atoms with Gasteiger partial charge in [0.05, 0.1) is 16.4 Å². The number of hydrogen-bond acceptors (Lipinski definition) is 2. The van der Waals surface area contributed by atoms with Crippen LogP contribution in [-0.2, 0) is 5.41 Å². The molecule has 0 radical (unpaired) electrons. The Balaban J connectivity index is 1.37. The van der Waals surface area contributed by atoms with Crippen molar-refractivity contribution in [3.8, 4) is 0 Å². The zero-order valence-electron chi connectivity index (χ0n) is 14.1. The van der Waals surface area contributed by atoms with Crippen LogP contribution in [0.5, 0.6) is 0 Å². The predicted molar refractivity (Wildman–Crippen MR) is 113 cm³/mol. The quantitative estimate of drug-likeness (QED) is 0.327. The van der Waals surface area contributed by atoms with Gasteiger partial charge in [0.25, 0.3) is 0 Å². The van der Waals surface area contributed by atoms with Crippen LogP contribution in [0.1, 0.15) is 49.8 Å². The minimum atomic E-state index is 0.471. The van der Waals surface area contributed by atoms with Crippen molar-refractivity contribution in [2.24, 2.45) is 22.7 Å². The second kappa shape index (κ2) is 6.22. The molecule has 2 nitrogen and oxygen atoms in total. The van der Waals surface area contributed by atoms with Gasteiger partial charge < -0.3 is 4.42 Å². The van der Waals surface area contributed by atoms with Crippen molar-refractivity contribution in [2.75, 3.05) is 0 Å². The lowest BCUT2D eigenvalue weighted by atomic mass is 9.48. The topological polar surface area (TPSA) is 25.5 Å². The minimum absolute atomic E-state index is 0.471. The summed E-state index contributed by atoms with van der Waals surface area (Å²) in [7, 11) is 0. The van der Waals surface area contributed by atoms with Gasteiger partial charge in [-0.3, -0.25) is 4.99 Å². The minimum Gasteiger partial charge on any atom is -0.448 e. The monoisotopic (exact) mass is 509 g/mol. The molecule has 2 aromatic rings. The van der Waals surface area contributed by atoms with Crippen molar-refractivity contribution in [3.63, 3.8) is 0 Å². The van der Waals surface area contributed by atoms with Crippen LogP contribution in [-0.4, -0.2) is 6.21 Å². The molecule has 0 atom stereocenters. The first-order valence-corrected chi connectivity index (χ1v) is 11.1. The average Bonchev–Trinajstić information content (AvgIpc) is 2.90. The second-order valence-corrected chi connectivity index (χ2v) is 10.1. The molecule has 4 heteroatoms. The van der Waals surface area contributed by atoms with Crippen LogP contribution in [0.2, 0.25) is 0 Å². The molecule has 6 rings (SSSR count). The number of hydrogen-bond donors (Lipinski definition) is 0. The summed E-state index contributed by atoms with van der Waals surface area (Å²) in [4.78, 5) is 4.58. The van der Waals surface area contributed by atoms with E-state index >= 15 is 0 Å². The van der Waals surface area contributed by atoms with Crippen LogP contribution < -0.4 is 0 Å². The highest BCUT2D eigenvalue weighted by molar-refractivity contribution is 14.1. The molecule has 0 N–H and O–H groups in total. The molecular formula is C21H21BrINO. The highest BCUT2D eigenvalue weighted by atomic mass is 127. The Labute approximate surface area is 170 Å². The summed E-state index contributed by atoms with van der Waals surface area (Å²) in [5.74, 6) is 3.75. The van der Waals surface area contributed by atoms with Gasteiger partial charge in [0, 0.05) is 28.7 Å². The lowest BCUT2D eigenvalue weighted by Gasteiger charge is -2.57. The number of rotatable bonds is 3. The Hall–Kier alpha value is -0.620. The van der Waals surface area contributed by atoms with Crippen LogP contribution in [0.25, 0.3) is 0 Å². The normalized spacial score (nSPS) is 33.4. The molecule has 0 amide bonds. The van der Waals surface area contributed by atoms with E-state index in [-0.39, 0.29) is 0 Å². The van der Waals surface area contributed by atoms with Gasteiger partial charge in [-0.15, -0.1) is 0 Å². The molecule has 4 bridgehead atoms. The van der Waals surface area contributed by atoms with Gasteiger partial charge in [-0.2, -0.15) is 0 Å². The van der Waals surface area contributed by atoms with E-state index in [1.54, 1.807) is 11.8 Å². The Morgan fingerprint density at radius 2 is 1.64 bits per heavy atom. The fourth-order valence-corrected chi connectivity index (χ4v) is 6.65. The molecule has 1 aromatic carbocycles. The molecule has 130 valence electrons. The van der Waals surface area contributed by atoms with Crippen LogP contribution >= 0.6 is 38.5 Å². The molecule has 0 spiro atoms. The van der Waals surface area contributed by atoms with E-state index < -0.39 is 0 Å². The molecule has 0 saturated heterocycles. The summed E-state index contributed by atoms with van der Waals surface area (Å²) in [6.45, 7) is 0. The van der Waals surface area contributed by atoms with Crippen molar-refractivity contribution in [2.45, 2.75) is 43.9 Å². The second-order valence-electron chi connectivity index (χ2n) is 8.27. The molecule has 4 saturated carbocycles. The van der Waals surface area contributed by atoms with Crippen LogP contribution in [0.15, 0.2) is 44.2 Å². The van der Waals surface area contributed by atoms with Crippen LogP contribution in [0, 0.1) is 21.5 Å². The standard InChI is InChI=1S/C21H21BrINO/c22-19-8-18(25-20(19)23)12-24-17-3-1-16(2-4-17)21-9-13-5-14(10-21)7-15(6-13)11-21/h1-4,8,12-15H,5-7,9-11H2. The van der Waals surface area contributed by atoms with Crippen LogP contribution in [0.3, 0.4) is 0 Å². The van der Waals surface area contributed by atoms with E-state index in [0.717, 1.165) is 37.4 Å². The van der Waals surface area contributed by atoms with Gasteiger partial charge in [-0.1, -0.05) is 12.1 Å². The first kappa shape index (κ1) is 16.5. The Bertz CT molecular complexity index is 768. The van der Waals surface area contributed by atoms with E-state index in [2.05, 4.69) is 67.8 Å². The van der Waals surface area contributed by atoms with Gasteiger partial charge in [-0.25, -0.2) is 0 Å². The van der Waals surface area contributed by atoms with Gasteiger partial charge in [-0.05, 0) is 95.3 Å². The van der Waals surface area contributed by atoms with Gasteiger partial charge >= 0.3 is 0 Å². The number of furan rings is 1. The fraction of sp³-hybridized carbons (Fsp3) is 0.476. The summed E-state index contributed by atoms with van der Waals surface area (Å²) in [5.41, 5.74) is 3.02. The molecule has 4 aliphatic rings. The largest absolute Gasteiger partial charge is 0.448 e. The molecule has 25 heavy (non-hydrogen) atoms. The highest BCUT2D eigenvalue weighted by Crippen LogP contribution is 2.60. The molecule has 4 fully saturated rings. The van der Waals surface area contributed by atoms with Crippen molar-refractivity contribution >= 4 is 50.4 Å². The molecule has 0 aliphatic heterocycles. The fourth-order valence-electron chi connectivity index (χ4n) is 5.93. The third kappa shape index (κ3) is 3.03. The van der Waals surface area contributed by atoms with E-state index in [1.807, 2.05) is 6.07 Å². The lowest BCUT2D eigenvalue weighted by molar-refractivity contribution is -0.00518. The van der Waals surface area contributed by atoms with E-state index in [4.69, 9.17) is 4.42 Å². The van der Waals surface area contributed by atoms with Crippen molar-refractivity contribution in [1.82, 2.24) is 0 Å². The third-order valence-electron chi connectivity index (χ3n) is 6.52. The zero-order valence-corrected chi connectivity index (χ0v) is 17.8. The predicted octanol–water partition coefficient (Wildman–Crippen LogP) is 6.87. The maximum absolute atomic E-state index is 5.61. The highest BCUT2D eigenvalue weighted by Gasteiger charge is 2.51. The number of nitrogens with zero attached hydrogens (tertiary/aromatic N) is 1.